The molecule has 4 aromatic rings. The Balaban J connectivity index is 1.49. The highest BCUT2D eigenvalue weighted by molar-refractivity contribution is 5.94. The third kappa shape index (κ3) is 6.59. The number of benzene rings is 2. The molecule has 5 rings (SSSR count). The maximum absolute atomic E-state index is 13.2. The molecule has 1 atom stereocenters. The molecule has 0 bridgehead atoms. The van der Waals surface area contributed by atoms with Crippen LogP contribution in [0.1, 0.15) is 37.8 Å². The number of nitrogens with zero attached hydrogens (tertiary/aromatic N) is 6. The number of aromatic amines is 1. The van der Waals surface area contributed by atoms with Gasteiger partial charge in [0.15, 0.2) is 5.82 Å². The van der Waals surface area contributed by atoms with Crippen molar-refractivity contribution in [2.75, 3.05) is 36.4 Å². The monoisotopic (exact) mass is 552 g/mol. The van der Waals surface area contributed by atoms with Gasteiger partial charge in [0.1, 0.15) is 5.82 Å². The summed E-state index contributed by atoms with van der Waals surface area (Å²) in [6.07, 6.45) is 2.00. The van der Waals surface area contributed by atoms with E-state index in [1.807, 2.05) is 86.3 Å². The van der Waals surface area contributed by atoms with Gasteiger partial charge in [-0.1, -0.05) is 54.1 Å². The molecular weight excluding hydrogens is 516 g/mol. The van der Waals surface area contributed by atoms with Crippen LogP contribution in [-0.2, 0) is 16.0 Å². The first-order valence-corrected chi connectivity index (χ1v) is 14.2. The third-order valence-electron chi connectivity index (χ3n) is 7.55. The number of anilines is 2. The van der Waals surface area contributed by atoms with Crippen LogP contribution in [0, 0.1) is 12.8 Å². The average molecular weight is 553 g/mol. The summed E-state index contributed by atoms with van der Waals surface area (Å²) in [6, 6.07) is 19.5. The first-order valence-electron chi connectivity index (χ1n) is 14.2. The Hall–Kier alpha value is -4.60. The molecule has 2 amide bonds. The lowest BCUT2D eigenvalue weighted by Gasteiger charge is -2.35. The van der Waals surface area contributed by atoms with Crippen molar-refractivity contribution in [1.29, 1.82) is 0 Å². The molecule has 0 radical (unpaired) electrons. The van der Waals surface area contributed by atoms with Gasteiger partial charge < -0.3 is 15.1 Å². The van der Waals surface area contributed by atoms with Gasteiger partial charge in [0.25, 0.3) is 0 Å². The highest BCUT2D eigenvalue weighted by Gasteiger charge is 2.29. The summed E-state index contributed by atoms with van der Waals surface area (Å²) >= 11 is 0. The number of rotatable bonds is 9. The zero-order chi connectivity index (χ0) is 28.8. The summed E-state index contributed by atoms with van der Waals surface area (Å²) in [7, 11) is 0. The second kappa shape index (κ2) is 12.7. The summed E-state index contributed by atoms with van der Waals surface area (Å²) in [5.41, 5.74) is 5.04. The van der Waals surface area contributed by atoms with Crippen LogP contribution in [0.4, 0.5) is 11.5 Å². The number of carbonyl (C=O) groups excluding carboxylic acids is 2. The lowest BCUT2D eigenvalue weighted by atomic mass is 9.96. The quantitative estimate of drug-likeness (QED) is 0.314. The lowest BCUT2D eigenvalue weighted by molar-refractivity contribution is -0.135. The molecule has 1 aliphatic heterocycles. The molecular formula is C31H36N8O2. The summed E-state index contributed by atoms with van der Waals surface area (Å²) in [5, 5.41) is 17.5. The largest absolute Gasteiger partial charge is 0.356 e. The SMILES string of the molecule is CCN(CC)C(=O)C1CCCN(c2cc(NC(=O)Cc3ccc(C)cc3)cc(-c3ccccc3-c3nnn[nH]3)n2)C1. The summed E-state index contributed by atoms with van der Waals surface area (Å²) in [4.78, 5) is 35.4. The van der Waals surface area contributed by atoms with Gasteiger partial charge in [-0.2, -0.15) is 0 Å². The molecule has 0 saturated carbocycles. The van der Waals surface area contributed by atoms with E-state index in [-0.39, 0.29) is 24.2 Å². The van der Waals surface area contributed by atoms with Gasteiger partial charge in [-0.05, 0) is 55.7 Å². The predicted octanol–water partition coefficient (Wildman–Crippen LogP) is 4.50. The number of carbonyl (C=O) groups is 2. The minimum Gasteiger partial charge on any atom is -0.356 e. The highest BCUT2D eigenvalue weighted by Crippen LogP contribution is 2.33. The fourth-order valence-corrected chi connectivity index (χ4v) is 5.35. The van der Waals surface area contributed by atoms with Gasteiger partial charge in [-0.25, -0.2) is 10.1 Å². The first kappa shape index (κ1) is 27.9. The van der Waals surface area contributed by atoms with Crippen LogP contribution in [0.5, 0.6) is 0 Å². The molecule has 2 aromatic carbocycles. The molecule has 1 aliphatic rings. The molecule has 1 fully saturated rings. The first-order chi connectivity index (χ1) is 19.9. The van der Waals surface area contributed by atoms with Gasteiger partial charge in [-0.15, -0.1) is 5.10 Å². The van der Waals surface area contributed by atoms with Crippen molar-refractivity contribution in [3.8, 4) is 22.6 Å². The summed E-state index contributed by atoms with van der Waals surface area (Å²) in [5.74, 6) is 1.22. The number of amides is 2. The Morgan fingerprint density at radius 2 is 1.80 bits per heavy atom. The maximum atomic E-state index is 13.2. The third-order valence-corrected chi connectivity index (χ3v) is 7.55. The Bertz CT molecular complexity index is 1480. The molecule has 2 N–H and O–H groups in total. The zero-order valence-electron chi connectivity index (χ0n) is 23.8. The molecule has 3 heterocycles. The van der Waals surface area contributed by atoms with E-state index in [2.05, 4.69) is 30.8 Å². The minimum absolute atomic E-state index is 0.0961. The lowest BCUT2D eigenvalue weighted by Crippen LogP contribution is -2.45. The van der Waals surface area contributed by atoms with Gasteiger partial charge in [-0.3, -0.25) is 9.59 Å². The van der Waals surface area contributed by atoms with Crippen LogP contribution in [0.15, 0.2) is 60.7 Å². The summed E-state index contributed by atoms with van der Waals surface area (Å²) in [6.45, 7) is 8.81. The van der Waals surface area contributed by atoms with Crippen molar-refractivity contribution in [3.05, 3.63) is 71.8 Å². The fraction of sp³-hybridized carbons (Fsp3) is 0.355. The van der Waals surface area contributed by atoms with E-state index in [0.29, 0.717) is 36.8 Å². The standard InChI is InChI=1S/C31H36N8O2/c1-4-38(5-2)31(41)23-9-8-16-39(20-23)28-19-24(32-29(40)17-22-14-12-21(3)13-15-22)18-27(33-28)25-10-6-7-11-26(25)30-34-36-37-35-30/h6-7,10-15,18-19,23H,4-5,8-9,16-17,20H2,1-3H3,(H,32,33,40)(H,34,35,36,37). The molecule has 0 spiro atoms. The van der Waals surface area contributed by atoms with Crippen molar-refractivity contribution >= 4 is 23.3 Å². The number of hydrogen-bond donors (Lipinski definition) is 2. The molecule has 10 nitrogen and oxygen atoms in total. The zero-order valence-corrected chi connectivity index (χ0v) is 23.8. The Kier molecular flexibility index (Phi) is 8.67. The average Bonchev–Trinajstić information content (AvgIpc) is 3.54. The van der Waals surface area contributed by atoms with Crippen LogP contribution < -0.4 is 10.2 Å². The molecule has 1 saturated heterocycles. The smallest absolute Gasteiger partial charge is 0.228 e. The normalized spacial score (nSPS) is 15.0. The summed E-state index contributed by atoms with van der Waals surface area (Å²) < 4.78 is 0. The van der Waals surface area contributed by atoms with E-state index >= 15 is 0 Å². The number of pyridine rings is 1. The van der Waals surface area contributed by atoms with E-state index in [4.69, 9.17) is 4.98 Å². The van der Waals surface area contributed by atoms with Gasteiger partial charge in [0.2, 0.25) is 11.8 Å². The number of aromatic nitrogens is 5. The molecule has 41 heavy (non-hydrogen) atoms. The number of H-pyrrole nitrogens is 1. The van der Waals surface area contributed by atoms with Crippen LogP contribution in [-0.4, -0.2) is 68.5 Å². The number of tetrazole rings is 1. The van der Waals surface area contributed by atoms with Crippen LogP contribution >= 0.6 is 0 Å². The van der Waals surface area contributed by atoms with E-state index in [0.717, 1.165) is 47.5 Å². The van der Waals surface area contributed by atoms with Gasteiger partial charge >= 0.3 is 0 Å². The van der Waals surface area contributed by atoms with Crippen molar-refractivity contribution in [2.45, 2.75) is 40.0 Å². The van der Waals surface area contributed by atoms with Crippen molar-refractivity contribution in [3.63, 3.8) is 0 Å². The second-order valence-electron chi connectivity index (χ2n) is 10.4. The topological polar surface area (TPSA) is 120 Å². The number of aryl methyl sites for hydroxylation is 1. The molecule has 212 valence electrons. The van der Waals surface area contributed by atoms with E-state index in [9.17, 15) is 9.59 Å². The Morgan fingerprint density at radius 1 is 1.05 bits per heavy atom. The molecule has 2 aromatic heterocycles. The van der Waals surface area contributed by atoms with Crippen molar-refractivity contribution in [2.24, 2.45) is 5.92 Å². The Labute approximate surface area is 240 Å². The van der Waals surface area contributed by atoms with Crippen LogP contribution in [0.2, 0.25) is 0 Å². The molecule has 10 heteroatoms. The Morgan fingerprint density at radius 3 is 2.51 bits per heavy atom. The van der Waals surface area contributed by atoms with Gasteiger partial charge in [0, 0.05) is 49.1 Å². The molecule has 0 aliphatic carbocycles. The number of hydrogen-bond acceptors (Lipinski definition) is 7. The maximum Gasteiger partial charge on any atom is 0.228 e. The van der Waals surface area contributed by atoms with Crippen molar-refractivity contribution < 1.29 is 9.59 Å². The fourth-order valence-electron chi connectivity index (χ4n) is 5.35. The van der Waals surface area contributed by atoms with Crippen LogP contribution in [0.3, 0.4) is 0 Å². The minimum atomic E-state index is -0.113. The van der Waals surface area contributed by atoms with Crippen LogP contribution in [0.25, 0.3) is 22.6 Å². The predicted molar refractivity (Wildman–Crippen MR) is 159 cm³/mol. The van der Waals surface area contributed by atoms with Gasteiger partial charge in [0.05, 0.1) is 18.0 Å². The molecule has 1 unspecified atom stereocenters. The number of piperidine rings is 1. The van der Waals surface area contributed by atoms with Crippen molar-refractivity contribution in [1.82, 2.24) is 30.5 Å². The van der Waals surface area contributed by atoms with E-state index < -0.39 is 0 Å². The number of nitrogens with one attached hydrogen (secondary N) is 2. The van der Waals surface area contributed by atoms with E-state index in [1.165, 1.54) is 0 Å². The highest BCUT2D eigenvalue weighted by atomic mass is 16.2. The second-order valence-corrected chi connectivity index (χ2v) is 10.4. The van der Waals surface area contributed by atoms with E-state index in [1.54, 1.807) is 0 Å².